The molecular formula is C24H21N3O. The lowest BCUT2D eigenvalue weighted by Gasteiger charge is -2.07. The molecule has 0 unspecified atom stereocenters. The molecule has 28 heavy (non-hydrogen) atoms. The summed E-state index contributed by atoms with van der Waals surface area (Å²) in [7, 11) is 1.96. The van der Waals surface area contributed by atoms with Gasteiger partial charge in [-0.25, -0.2) is 0 Å². The molecule has 0 saturated heterocycles. The average Bonchev–Trinajstić information content (AvgIpc) is 3.40. The Morgan fingerprint density at radius 1 is 1.11 bits per heavy atom. The molecule has 0 spiro atoms. The van der Waals surface area contributed by atoms with Crippen LogP contribution >= 0.6 is 0 Å². The zero-order valence-electron chi connectivity index (χ0n) is 15.9. The van der Waals surface area contributed by atoms with Crippen molar-refractivity contribution in [3.05, 3.63) is 93.8 Å². The molecule has 3 aromatic rings. The van der Waals surface area contributed by atoms with Gasteiger partial charge in [-0.15, -0.1) is 0 Å². The Hall–Kier alpha value is -3.27. The number of nitrogens with zero attached hydrogens (tertiary/aromatic N) is 3. The zero-order chi connectivity index (χ0) is 19.1. The number of carbonyl (C=O) groups is 1. The van der Waals surface area contributed by atoms with Crippen molar-refractivity contribution in [3.8, 4) is 0 Å². The highest BCUT2D eigenvalue weighted by atomic mass is 16.1. The number of hydrogen-bond donors (Lipinski definition) is 0. The van der Waals surface area contributed by atoms with Crippen LogP contribution in [0.25, 0.3) is 6.08 Å². The monoisotopic (exact) mass is 367 g/mol. The fraction of sp³-hybridized carbons (Fsp3) is 0.208. The first-order valence-electron chi connectivity index (χ1n) is 9.61. The Labute approximate surface area is 164 Å². The highest BCUT2D eigenvalue weighted by molar-refractivity contribution is 6.07. The second kappa shape index (κ2) is 6.71. The molecule has 0 saturated carbocycles. The van der Waals surface area contributed by atoms with Gasteiger partial charge in [-0.1, -0.05) is 36.4 Å². The molecule has 2 aromatic carbocycles. The van der Waals surface area contributed by atoms with Crippen molar-refractivity contribution < 1.29 is 4.79 Å². The molecule has 2 heterocycles. The van der Waals surface area contributed by atoms with Crippen molar-refractivity contribution in [3.63, 3.8) is 0 Å². The van der Waals surface area contributed by atoms with Gasteiger partial charge in [0.15, 0.2) is 5.78 Å². The molecule has 0 atom stereocenters. The number of benzene rings is 2. The lowest BCUT2D eigenvalue weighted by atomic mass is 9.96. The Morgan fingerprint density at radius 3 is 2.75 bits per heavy atom. The van der Waals surface area contributed by atoms with E-state index in [0.29, 0.717) is 6.42 Å². The van der Waals surface area contributed by atoms with E-state index in [-0.39, 0.29) is 5.78 Å². The van der Waals surface area contributed by atoms with E-state index in [0.717, 1.165) is 47.5 Å². The third-order valence-corrected chi connectivity index (χ3v) is 5.66. The molecule has 0 bridgehead atoms. The fourth-order valence-electron chi connectivity index (χ4n) is 4.08. The summed E-state index contributed by atoms with van der Waals surface area (Å²) in [4.78, 5) is 17.5. The summed E-state index contributed by atoms with van der Waals surface area (Å²) in [5.74, 6) is 0.214. The standard InChI is InChI=1S/C24H21N3O/c1-27-21(7-8-26-27)14-23-22-13-18-11-19(10-17(18)12-20(22)15-25-23)24(28)9-16-5-3-2-4-6-16/h2-8,11-13H,9-10,14-15H2,1H3. The minimum Gasteiger partial charge on any atom is -0.294 e. The minimum atomic E-state index is 0.214. The first kappa shape index (κ1) is 16.9. The van der Waals surface area contributed by atoms with Crippen molar-refractivity contribution in [1.82, 2.24) is 9.78 Å². The molecule has 4 heteroatoms. The highest BCUT2D eigenvalue weighted by Crippen LogP contribution is 2.32. The molecule has 2 aliphatic rings. The topological polar surface area (TPSA) is 47.2 Å². The number of aliphatic imine (C=N–C) groups is 1. The second-order valence-electron chi connectivity index (χ2n) is 7.53. The maximum absolute atomic E-state index is 12.7. The molecule has 138 valence electrons. The van der Waals surface area contributed by atoms with Crippen LogP contribution in [-0.4, -0.2) is 21.3 Å². The molecule has 4 nitrogen and oxygen atoms in total. The SMILES string of the molecule is Cn1nccc1CC1=NCc2cc3c(cc21)C=C(C(=O)Cc1ccccc1)C3. The Bertz CT molecular complexity index is 1140. The number of carbonyl (C=O) groups excluding carboxylic acids is 1. The van der Waals surface area contributed by atoms with Crippen molar-refractivity contribution in [2.24, 2.45) is 12.0 Å². The van der Waals surface area contributed by atoms with Crippen LogP contribution < -0.4 is 0 Å². The van der Waals surface area contributed by atoms with Crippen LogP contribution in [0.3, 0.4) is 0 Å². The summed E-state index contributed by atoms with van der Waals surface area (Å²) >= 11 is 0. The summed E-state index contributed by atoms with van der Waals surface area (Å²) in [6, 6.07) is 16.5. The smallest absolute Gasteiger partial charge is 0.163 e. The summed E-state index contributed by atoms with van der Waals surface area (Å²) in [5, 5.41) is 4.25. The minimum absolute atomic E-state index is 0.214. The average molecular weight is 367 g/mol. The predicted octanol–water partition coefficient (Wildman–Crippen LogP) is 3.72. The van der Waals surface area contributed by atoms with Crippen molar-refractivity contribution >= 4 is 17.6 Å². The van der Waals surface area contributed by atoms with Gasteiger partial charge in [-0.05, 0) is 40.5 Å². The van der Waals surface area contributed by atoms with Crippen molar-refractivity contribution in [2.45, 2.75) is 25.8 Å². The third kappa shape index (κ3) is 3.01. The number of hydrogen-bond acceptors (Lipinski definition) is 3. The molecule has 1 aliphatic carbocycles. The molecule has 0 amide bonds. The van der Waals surface area contributed by atoms with Crippen LogP contribution in [0.15, 0.2) is 65.3 Å². The fourth-order valence-corrected chi connectivity index (χ4v) is 4.08. The number of rotatable bonds is 5. The molecule has 1 aromatic heterocycles. The van der Waals surface area contributed by atoms with Crippen LogP contribution in [0.5, 0.6) is 0 Å². The van der Waals surface area contributed by atoms with E-state index in [1.807, 2.05) is 54.3 Å². The van der Waals surface area contributed by atoms with Crippen molar-refractivity contribution in [1.29, 1.82) is 0 Å². The highest BCUT2D eigenvalue weighted by Gasteiger charge is 2.24. The Kier molecular flexibility index (Phi) is 4.05. The van der Waals surface area contributed by atoms with Gasteiger partial charge in [0.05, 0.1) is 6.54 Å². The van der Waals surface area contributed by atoms with Gasteiger partial charge >= 0.3 is 0 Å². The van der Waals surface area contributed by atoms with Crippen molar-refractivity contribution in [2.75, 3.05) is 0 Å². The van der Waals surface area contributed by atoms with Crippen LogP contribution in [-0.2, 0) is 37.6 Å². The zero-order valence-corrected chi connectivity index (χ0v) is 15.9. The molecule has 0 N–H and O–H groups in total. The van der Waals surface area contributed by atoms with Crippen LogP contribution in [0, 0.1) is 0 Å². The Balaban J connectivity index is 1.38. The van der Waals surface area contributed by atoms with Gasteiger partial charge in [0.25, 0.3) is 0 Å². The maximum Gasteiger partial charge on any atom is 0.163 e. The number of aryl methyl sites for hydroxylation is 1. The lowest BCUT2D eigenvalue weighted by molar-refractivity contribution is -0.114. The number of allylic oxidation sites excluding steroid dienone is 1. The van der Waals surface area contributed by atoms with Gasteiger partial charge in [0.2, 0.25) is 0 Å². The molecule has 1 aliphatic heterocycles. The summed E-state index contributed by atoms with van der Waals surface area (Å²) < 4.78 is 1.90. The number of aromatic nitrogens is 2. The van der Waals surface area contributed by atoms with Crippen LogP contribution in [0.2, 0.25) is 0 Å². The molecular weight excluding hydrogens is 346 g/mol. The van der Waals surface area contributed by atoms with Gasteiger partial charge < -0.3 is 0 Å². The third-order valence-electron chi connectivity index (χ3n) is 5.66. The van der Waals surface area contributed by atoms with Gasteiger partial charge in [0, 0.05) is 55.0 Å². The van der Waals surface area contributed by atoms with Gasteiger partial charge in [0.1, 0.15) is 0 Å². The normalized spacial score (nSPS) is 14.5. The first-order valence-corrected chi connectivity index (χ1v) is 9.61. The van der Waals surface area contributed by atoms with E-state index in [2.05, 4.69) is 23.3 Å². The van der Waals surface area contributed by atoms with Crippen LogP contribution in [0.1, 0.15) is 33.5 Å². The predicted molar refractivity (Wildman–Crippen MR) is 110 cm³/mol. The largest absolute Gasteiger partial charge is 0.294 e. The molecule has 5 rings (SSSR count). The van der Waals surface area contributed by atoms with E-state index >= 15 is 0 Å². The molecule has 0 fully saturated rings. The van der Waals surface area contributed by atoms with E-state index in [1.165, 1.54) is 16.7 Å². The molecule has 0 radical (unpaired) electrons. The summed E-state index contributed by atoms with van der Waals surface area (Å²) in [5.41, 5.74) is 9.13. The lowest BCUT2D eigenvalue weighted by Crippen LogP contribution is -2.08. The van der Waals surface area contributed by atoms with Gasteiger partial charge in [-0.3, -0.25) is 14.5 Å². The quantitative estimate of drug-likeness (QED) is 0.690. The summed E-state index contributed by atoms with van der Waals surface area (Å²) in [6.07, 6.45) is 5.87. The number of ketones is 1. The number of Topliss-reactive ketones (excluding diaryl/α,β-unsaturated/α-hetero) is 1. The number of fused-ring (bicyclic) bond motifs is 2. The maximum atomic E-state index is 12.7. The van der Waals surface area contributed by atoms with E-state index < -0.39 is 0 Å². The van der Waals surface area contributed by atoms with Gasteiger partial charge in [-0.2, -0.15) is 5.10 Å². The van der Waals surface area contributed by atoms with E-state index in [9.17, 15) is 4.79 Å². The van der Waals surface area contributed by atoms with Crippen LogP contribution in [0.4, 0.5) is 0 Å². The summed E-state index contributed by atoms with van der Waals surface area (Å²) in [6.45, 7) is 0.725. The van der Waals surface area contributed by atoms with E-state index in [1.54, 1.807) is 0 Å². The van der Waals surface area contributed by atoms with E-state index in [4.69, 9.17) is 4.99 Å². The Morgan fingerprint density at radius 2 is 1.96 bits per heavy atom. The second-order valence-corrected chi connectivity index (χ2v) is 7.53. The first-order chi connectivity index (χ1) is 13.7.